The highest BCUT2D eigenvalue weighted by atomic mass is 16.5. The SMILES string of the molecule is CCNC(=NCc1ccc(OCCOC)cc1)N(C)Cc1cccn1C. The van der Waals surface area contributed by atoms with Gasteiger partial charge in [0.05, 0.1) is 19.7 Å². The van der Waals surface area contributed by atoms with Crippen LogP contribution in [0.5, 0.6) is 5.75 Å². The molecule has 6 nitrogen and oxygen atoms in total. The van der Waals surface area contributed by atoms with Gasteiger partial charge in [-0.25, -0.2) is 4.99 Å². The van der Waals surface area contributed by atoms with E-state index in [0.717, 1.165) is 30.4 Å². The van der Waals surface area contributed by atoms with Gasteiger partial charge in [-0.05, 0) is 36.8 Å². The third kappa shape index (κ3) is 6.11. The Bertz CT molecular complexity index is 679. The standard InChI is InChI=1S/C20H30N4O2/c1-5-21-20(24(3)16-18-7-6-12-23(18)2)22-15-17-8-10-19(11-9-17)26-14-13-25-4/h6-12H,5,13-16H2,1-4H3,(H,21,22). The Morgan fingerprint density at radius 2 is 1.96 bits per heavy atom. The molecule has 0 bridgehead atoms. The Balaban J connectivity index is 1.96. The molecule has 0 atom stereocenters. The minimum Gasteiger partial charge on any atom is -0.491 e. The molecule has 1 N–H and O–H groups in total. The van der Waals surface area contributed by atoms with E-state index in [1.54, 1.807) is 7.11 Å². The van der Waals surface area contributed by atoms with Crippen molar-refractivity contribution in [3.63, 3.8) is 0 Å². The summed E-state index contributed by atoms with van der Waals surface area (Å²) in [6.07, 6.45) is 2.06. The molecule has 0 fully saturated rings. The Labute approximate surface area is 156 Å². The maximum Gasteiger partial charge on any atom is 0.194 e. The lowest BCUT2D eigenvalue weighted by Gasteiger charge is -2.22. The van der Waals surface area contributed by atoms with Crippen LogP contribution in [0, 0.1) is 0 Å². The maximum absolute atomic E-state index is 5.59. The number of rotatable bonds is 9. The zero-order valence-corrected chi connectivity index (χ0v) is 16.2. The molecule has 1 aromatic carbocycles. The summed E-state index contributed by atoms with van der Waals surface area (Å²) in [6, 6.07) is 12.2. The van der Waals surface area contributed by atoms with Crippen LogP contribution in [0.2, 0.25) is 0 Å². The molecule has 26 heavy (non-hydrogen) atoms. The van der Waals surface area contributed by atoms with E-state index in [9.17, 15) is 0 Å². The van der Waals surface area contributed by atoms with Crippen molar-refractivity contribution in [3.8, 4) is 5.75 Å². The van der Waals surface area contributed by atoms with Crippen LogP contribution in [-0.2, 0) is 24.9 Å². The maximum atomic E-state index is 5.59. The van der Waals surface area contributed by atoms with E-state index in [1.165, 1.54) is 5.69 Å². The summed E-state index contributed by atoms with van der Waals surface area (Å²) < 4.78 is 12.7. The minimum absolute atomic E-state index is 0.558. The number of aromatic nitrogens is 1. The lowest BCUT2D eigenvalue weighted by molar-refractivity contribution is 0.146. The van der Waals surface area contributed by atoms with E-state index in [2.05, 4.69) is 54.1 Å². The Hall–Kier alpha value is -2.47. The second-order valence-corrected chi connectivity index (χ2v) is 6.12. The van der Waals surface area contributed by atoms with Crippen molar-refractivity contribution in [2.45, 2.75) is 20.0 Å². The molecular formula is C20H30N4O2. The van der Waals surface area contributed by atoms with Gasteiger partial charge in [0.15, 0.2) is 5.96 Å². The highest BCUT2D eigenvalue weighted by molar-refractivity contribution is 5.79. The number of aliphatic imine (C=N–C) groups is 1. The zero-order chi connectivity index (χ0) is 18.8. The number of hydrogen-bond acceptors (Lipinski definition) is 3. The van der Waals surface area contributed by atoms with E-state index in [-0.39, 0.29) is 0 Å². The Kier molecular flexibility index (Phi) is 8.02. The summed E-state index contributed by atoms with van der Waals surface area (Å²) in [7, 11) is 5.78. The second-order valence-electron chi connectivity index (χ2n) is 6.12. The van der Waals surface area contributed by atoms with Crippen LogP contribution in [0.4, 0.5) is 0 Å². The molecule has 0 spiro atoms. The van der Waals surface area contributed by atoms with Crippen LogP contribution in [-0.4, -0.2) is 49.3 Å². The van der Waals surface area contributed by atoms with Gasteiger partial charge in [-0.1, -0.05) is 12.1 Å². The first-order valence-corrected chi connectivity index (χ1v) is 8.94. The largest absolute Gasteiger partial charge is 0.491 e. The smallest absolute Gasteiger partial charge is 0.194 e. The first-order chi connectivity index (χ1) is 12.6. The van der Waals surface area contributed by atoms with Gasteiger partial charge < -0.3 is 24.3 Å². The first kappa shape index (κ1) is 19.8. The van der Waals surface area contributed by atoms with Crippen LogP contribution in [0.15, 0.2) is 47.6 Å². The van der Waals surface area contributed by atoms with Gasteiger partial charge in [-0.15, -0.1) is 0 Å². The predicted octanol–water partition coefficient (Wildman–Crippen LogP) is 2.65. The van der Waals surface area contributed by atoms with Crippen LogP contribution >= 0.6 is 0 Å². The first-order valence-electron chi connectivity index (χ1n) is 8.94. The summed E-state index contributed by atoms with van der Waals surface area (Å²) in [6.45, 7) is 5.49. The van der Waals surface area contributed by atoms with Crippen LogP contribution in [0.3, 0.4) is 0 Å². The van der Waals surface area contributed by atoms with Gasteiger partial charge in [-0.2, -0.15) is 0 Å². The van der Waals surface area contributed by atoms with Crippen LogP contribution in [0.1, 0.15) is 18.2 Å². The average Bonchev–Trinajstić information content (AvgIpc) is 3.04. The molecule has 0 radical (unpaired) electrons. The third-order valence-corrected chi connectivity index (χ3v) is 4.04. The van der Waals surface area contributed by atoms with Crippen molar-refractivity contribution in [1.82, 2.24) is 14.8 Å². The lowest BCUT2D eigenvalue weighted by Crippen LogP contribution is -2.38. The quantitative estimate of drug-likeness (QED) is 0.425. The van der Waals surface area contributed by atoms with Gasteiger partial charge in [0, 0.05) is 39.6 Å². The van der Waals surface area contributed by atoms with E-state index in [1.807, 2.05) is 24.3 Å². The lowest BCUT2D eigenvalue weighted by atomic mass is 10.2. The molecule has 0 aliphatic carbocycles. The van der Waals surface area contributed by atoms with Crippen molar-refractivity contribution in [2.75, 3.05) is 33.9 Å². The van der Waals surface area contributed by atoms with Crippen LogP contribution in [0.25, 0.3) is 0 Å². The summed E-state index contributed by atoms with van der Waals surface area (Å²) in [4.78, 5) is 6.90. The minimum atomic E-state index is 0.558. The van der Waals surface area contributed by atoms with E-state index < -0.39 is 0 Å². The Morgan fingerprint density at radius 3 is 2.58 bits per heavy atom. The molecule has 142 valence electrons. The van der Waals surface area contributed by atoms with E-state index >= 15 is 0 Å². The third-order valence-electron chi connectivity index (χ3n) is 4.04. The van der Waals surface area contributed by atoms with Gasteiger partial charge in [-0.3, -0.25) is 0 Å². The number of ether oxygens (including phenoxy) is 2. The van der Waals surface area contributed by atoms with Gasteiger partial charge in [0.1, 0.15) is 12.4 Å². The summed E-state index contributed by atoms with van der Waals surface area (Å²) in [5.41, 5.74) is 2.39. The van der Waals surface area contributed by atoms with Crippen molar-refractivity contribution >= 4 is 5.96 Å². The monoisotopic (exact) mass is 358 g/mol. The van der Waals surface area contributed by atoms with Crippen molar-refractivity contribution < 1.29 is 9.47 Å². The zero-order valence-electron chi connectivity index (χ0n) is 16.2. The van der Waals surface area contributed by atoms with Crippen molar-refractivity contribution in [2.24, 2.45) is 12.0 Å². The molecule has 2 aromatic rings. The molecule has 0 aliphatic heterocycles. The molecule has 0 amide bonds. The molecule has 2 rings (SSSR count). The number of nitrogens with zero attached hydrogens (tertiary/aromatic N) is 3. The molecule has 0 aliphatic rings. The van der Waals surface area contributed by atoms with Gasteiger partial charge in [0.25, 0.3) is 0 Å². The highest BCUT2D eigenvalue weighted by Gasteiger charge is 2.08. The molecular weight excluding hydrogens is 328 g/mol. The van der Waals surface area contributed by atoms with Gasteiger partial charge >= 0.3 is 0 Å². The number of benzene rings is 1. The molecule has 1 heterocycles. The highest BCUT2D eigenvalue weighted by Crippen LogP contribution is 2.13. The number of aryl methyl sites for hydroxylation is 1. The van der Waals surface area contributed by atoms with E-state index in [0.29, 0.717) is 19.8 Å². The summed E-state index contributed by atoms with van der Waals surface area (Å²) in [5, 5.41) is 3.36. The van der Waals surface area contributed by atoms with E-state index in [4.69, 9.17) is 14.5 Å². The number of guanidine groups is 1. The fourth-order valence-corrected chi connectivity index (χ4v) is 2.55. The number of methoxy groups -OCH3 is 1. The predicted molar refractivity (Wildman–Crippen MR) is 106 cm³/mol. The molecule has 0 saturated heterocycles. The fraction of sp³-hybridized carbons (Fsp3) is 0.450. The van der Waals surface area contributed by atoms with Gasteiger partial charge in [0.2, 0.25) is 0 Å². The molecule has 0 unspecified atom stereocenters. The number of nitrogens with one attached hydrogen (secondary N) is 1. The van der Waals surface area contributed by atoms with Crippen molar-refractivity contribution in [1.29, 1.82) is 0 Å². The normalized spacial score (nSPS) is 11.5. The van der Waals surface area contributed by atoms with Crippen LogP contribution < -0.4 is 10.1 Å². The second kappa shape index (κ2) is 10.5. The molecule has 0 saturated carbocycles. The average molecular weight is 358 g/mol. The number of hydrogen-bond donors (Lipinski definition) is 1. The summed E-state index contributed by atoms with van der Waals surface area (Å²) in [5.74, 6) is 1.75. The Morgan fingerprint density at radius 1 is 1.19 bits per heavy atom. The fourth-order valence-electron chi connectivity index (χ4n) is 2.55. The topological polar surface area (TPSA) is 51.0 Å². The molecule has 1 aromatic heterocycles. The molecule has 6 heteroatoms. The summed E-state index contributed by atoms with van der Waals surface area (Å²) >= 11 is 0. The van der Waals surface area contributed by atoms with Crippen molar-refractivity contribution in [3.05, 3.63) is 53.9 Å².